The first-order chi connectivity index (χ1) is 11.0. The van der Waals surface area contributed by atoms with Gasteiger partial charge in [0.2, 0.25) is 0 Å². The van der Waals surface area contributed by atoms with Crippen LogP contribution in [0.4, 0.5) is 5.69 Å². The summed E-state index contributed by atoms with van der Waals surface area (Å²) in [5.41, 5.74) is 0.260. The van der Waals surface area contributed by atoms with E-state index in [2.05, 4.69) is 14.8 Å². The van der Waals surface area contributed by atoms with E-state index < -0.39 is 11.9 Å². The van der Waals surface area contributed by atoms with Crippen molar-refractivity contribution in [3.8, 4) is 17.2 Å². The minimum atomic E-state index is -0.743. The van der Waals surface area contributed by atoms with E-state index in [0.717, 1.165) is 6.08 Å². The molecule has 0 aliphatic carbocycles. The van der Waals surface area contributed by atoms with Crippen molar-refractivity contribution in [2.45, 2.75) is 0 Å². The van der Waals surface area contributed by atoms with Crippen molar-refractivity contribution in [2.75, 3.05) is 40.9 Å². The number of hydrogen-bond donors (Lipinski definition) is 1. The zero-order chi connectivity index (χ0) is 17.4. The van der Waals surface area contributed by atoms with Gasteiger partial charge in [0.15, 0.2) is 11.5 Å². The summed E-state index contributed by atoms with van der Waals surface area (Å²) in [5, 5.41) is 2.77. The van der Waals surface area contributed by atoms with Crippen molar-refractivity contribution in [1.82, 2.24) is 0 Å². The van der Waals surface area contributed by atoms with Gasteiger partial charge in [0.05, 0.1) is 47.3 Å². The van der Waals surface area contributed by atoms with E-state index >= 15 is 0 Å². The molecule has 0 bridgehead atoms. The Morgan fingerprint density at radius 2 is 1.43 bits per heavy atom. The molecule has 1 aromatic carbocycles. The quantitative estimate of drug-likeness (QED) is 0.593. The average molecular weight is 325 g/mol. The highest BCUT2D eigenvalue weighted by Gasteiger charge is 2.17. The van der Waals surface area contributed by atoms with Crippen molar-refractivity contribution >= 4 is 17.6 Å². The number of carbonyl (C=O) groups is 2. The van der Waals surface area contributed by atoms with Gasteiger partial charge < -0.3 is 29.0 Å². The van der Waals surface area contributed by atoms with Gasteiger partial charge in [-0.1, -0.05) is 0 Å². The highest BCUT2D eigenvalue weighted by atomic mass is 16.5. The summed E-state index contributed by atoms with van der Waals surface area (Å²) >= 11 is 0. The number of benzene rings is 1. The molecule has 8 heteroatoms. The molecule has 1 aromatic rings. The van der Waals surface area contributed by atoms with Gasteiger partial charge in [-0.2, -0.15) is 0 Å². The van der Waals surface area contributed by atoms with Gasteiger partial charge in [0, 0.05) is 12.1 Å². The van der Waals surface area contributed by atoms with Crippen LogP contribution in [0.15, 0.2) is 23.9 Å². The van der Waals surface area contributed by atoms with Gasteiger partial charge >= 0.3 is 11.9 Å². The fraction of sp³-hybridized carbons (Fsp3) is 0.333. The molecule has 0 heterocycles. The van der Waals surface area contributed by atoms with Crippen LogP contribution >= 0.6 is 0 Å². The Labute approximate surface area is 133 Å². The van der Waals surface area contributed by atoms with Crippen LogP contribution in [0, 0.1) is 0 Å². The Kier molecular flexibility index (Phi) is 6.72. The molecule has 1 rings (SSSR count). The van der Waals surface area contributed by atoms with Crippen LogP contribution < -0.4 is 19.5 Å². The molecule has 0 radical (unpaired) electrons. The Balaban J connectivity index is 3.29. The van der Waals surface area contributed by atoms with E-state index in [0.29, 0.717) is 22.9 Å². The summed E-state index contributed by atoms with van der Waals surface area (Å²) in [7, 11) is 6.81. The first-order valence-electron chi connectivity index (χ1n) is 6.45. The molecule has 0 unspecified atom stereocenters. The van der Waals surface area contributed by atoms with Gasteiger partial charge in [0.1, 0.15) is 11.4 Å². The van der Waals surface area contributed by atoms with Gasteiger partial charge in [0.25, 0.3) is 0 Å². The molecule has 1 N–H and O–H groups in total. The minimum Gasteiger partial charge on any atom is -0.494 e. The predicted molar refractivity (Wildman–Crippen MR) is 81.8 cm³/mol. The van der Waals surface area contributed by atoms with Gasteiger partial charge in [-0.3, -0.25) is 0 Å². The summed E-state index contributed by atoms with van der Waals surface area (Å²) in [5.74, 6) is -0.212. The van der Waals surface area contributed by atoms with E-state index in [9.17, 15) is 9.59 Å². The molecular formula is C15H19NO7. The smallest absolute Gasteiger partial charge is 0.354 e. The Hall–Kier alpha value is -2.90. The third-order valence-corrected chi connectivity index (χ3v) is 2.84. The minimum absolute atomic E-state index is 0.120. The van der Waals surface area contributed by atoms with Crippen molar-refractivity contribution in [2.24, 2.45) is 0 Å². The van der Waals surface area contributed by atoms with E-state index in [1.807, 2.05) is 0 Å². The number of hydrogen-bond acceptors (Lipinski definition) is 8. The van der Waals surface area contributed by atoms with Crippen LogP contribution in [-0.2, 0) is 19.1 Å². The summed E-state index contributed by atoms with van der Waals surface area (Å²) in [4.78, 5) is 23.2. The Bertz CT molecular complexity index is 610. The molecule has 0 aromatic heterocycles. The molecule has 0 aliphatic heterocycles. The number of ether oxygens (including phenoxy) is 5. The van der Waals surface area contributed by atoms with Crippen LogP contribution in [0.5, 0.6) is 17.2 Å². The SMILES string of the molecule is COC(=O)/C=C(/Nc1cc(OC)c(OC)cc1OC)C(=O)OC. The number of nitrogens with one attached hydrogen (secondary N) is 1. The number of anilines is 1. The molecular weight excluding hydrogens is 306 g/mol. The second-order valence-corrected chi connectivity index (χ2v) is 4.11. The molecule has 0 fully saturated rings. The normalized spacial score (nSPS) is 10.6. The number of carbonyl (C=O) groups excluding carboxylic acids is 2. The first kappa shape index (κ1) is 18.1. The fourth-order valence-corrected chi connectivity index (χ4v) is 1.70. The van der Waals surface area contributed by atoms with Crippen molar-refractivity contribution < 1.29 is 33.3 Å². The summed E-state index contributed by atoms with van der Waals surface area (Å²) in [6.07, 6.45) is 0.974. The maximum absolute atomic E-state index is 11.8. The van der Waals surface area contributed by atoms with Crippen LogP contribution in [0.1, 0.15) is 0 Å². The van der Waals surface area contributed by atoms with E-state index in [-0.39, 0.29) is 5.70 Å². The first-order valence-corrected chi connectivity index (χ1v) is 6.45. The molecule has 0 atom stereocenters. The zero-order valence-electron chi connectivity index (χ0n) is 13.6. The topological polar surface area (TPSA) is 92.3 Å². The predicted octanol–water partition coefficient (Wildman–Crippen LogP) is 1.35. The summed E-state index contributed by atoms with van der Waals surface area (Å²) < 4.78 is 24.8. The summed E-state index contributed by atoms with van der Waals surface area (Å²) in [6.45, 7) is 0. The number of methoxy groups -OCH3 is 5. The van der Waals surface area contributed by atoms with Gasteiger partial charge in [-0.25, -0.2) is 9.59 Å². The van der Waals surface area contributed by atoms with Crippen molar-refractivity contribution in [1.29, 1.82) is 0 Å². The zero-order valence-corrected chi connectivity index (χ0v) is 13.6. The molecule has 126 valence electrons. The van der Waals surface area contributed by atoms with Crippen LogP contribution in [0.2, 0.25) is 0 Å². The molecule has 0 amide bonds. The Morgan fingerprint density at radius 3 is 1.91 bits per heavy atom. The highest BCUT2D eigenvalue weighted by Crippen LogP contribution is 2.38. The lowest BCUT2D eigenvalue weighted by atomic mass is 10.2. The van der Waals surface area contributed by atoms with Crippen molar-refractivity contribution in [3.63, 3.8) is 0 Å². The maximum Gasteiger partial charge on any atom is 0.354 e. The molecule has 0 saturated heterocycles. The van der Waals surface area contributed by atoms with E-state index in [1.54, 1.807) is 12.1 Å². The van der Waals surface area contributed by atoms with Crippen LogP contribution in [-0.4, -0.2) is 47.5 Å². The molecule has 0 saturated carbocycles. The fourth-order valence-electron chi connectivity index (χ4n) is 1.70. The largest absolute Gasteiger partial charge is 0.494 e. The lowest BCUT2D eigenvalue weighted by Gasteiger charge is -2.16. The van der Waals surface area contributed by atoms with Crippen molar-refractivity contribution in [3.05, 3.63) is 23.9 Å². The monoisotopic (exact) mass is 325 g/mol. The van der Waals surface area contributed by atoms with Crippen LogP contribution in [0.25, 0.3) is 0 Å². The van der Waals surface area contributed by atoms with E-state index in [4.69, 9.17) is 14.2 Å². The lowest BCUT2D eigenvalue weighted by Crippen LogP contribution is -2.16. The Morgan fingerprint density at radius 1 is 0.870 bits per heavy atom. The summed E-state index contributed by atoms with van der Waals surface area (Å²) in [6, 6.07) is 3.14. The molecule has 23 heavy (non-hydrogen) atoms. The molecule has 0 spiro atoms. The third-order valence-electron chi connectivity index (χ3n) is 2.84. The number of rotatable bonds is 7. The highest BCUT2D eigenvalue weighted by molar-refractivity contribution is 5.99. The molecule has 8 nitrogen and oxygen atoms in total. The average Bonchev–Trinajstić information content (AvgIpc) is 2.59. The number of esters is 2. The van der Waals surface area contributed by atoms with Gasteiger partial charge in [-0.15, -0.1) is 0 Å². The lowest BCUT2D eigenvalue weighted by molar-refractivity contribution is -0.138. The maximum atomic E-state index is 11.8. The third kappa shape index (κ3) is 4.53. The van der Waals surface area contributed by atoms with Gasteiger partial charge in [-0.05, 0) is 0 Å². The van der Waals surface area contributed by atoms with E-state index in [1.165, 1.54) is 35.5 Å². The van der Waals surface area contributed by atoms with Crippen LogP contribution in [0.3, 0.4) is 0 Å². The standard InChI is InChI=1S/C15H19NO7/c1-19-11-8-13(21-3)12(20-2)6-9(11)16-10(15(18)23-5)7-14(17)22-4/h6-8,16H,1-5H3/b10-7+. The second kappa shape index (κ2) is 8.52. The second-order valence-electron chi connectivity index (χ2n) is 4.11. The molecule has 0 aliphatic rings.